The van der Waals surface area contributed by atoms with Gasteiger partial charge in [0.05, 0.1) is 10.6 Å². The van der Waals surface area contributed by atoms with Gasteiger partial charge in [0.25, 0.3) is 0 Å². The number of nitrogens with two attached hydrogens (primary N) is 1. The van der Waals surface area contributed by atoms with Gasteiger partial charge in [0, 0.05) is 34.5 Å². The molecule has 6 N–H and O–H groups in total. The zero-order chi connectivity index (χ0) is 18.1. The predicted molar refractivity (Wildman–Crippen MR) is 97.4 cm³/mol. The summed E-state index contributed by atoms with van der Waals surface area (Å²) in [6.07, 6.45) is 2.89. The molecule has 0 bridgehead atoms. The molecule has 0 spiro atoms. The zero-order valence-electron chi connectivity index (χ0n) is 13.3. The quantitative estimate of drug-likeness (QED) is 0.439. The van der Waals surface area contributed by atoms with Gasteiger partial charge in [-0.15, -0.1) is 11.3 Å². The third-order valence-corrected chi connectivity index (χ3v) is 5.72. The number of benzene rings is 1. The Labute approximate surface area is 153 Å². The standard InChI is InChI=1S/C15H15N7O2S2/c16-26(23,24)12-3-1-2-10(13(12)14-19-21-22-20-14)11-8-25-15(18-11)9-4-6-17-7-5-9/h1-8,14,19-22H,(H2,16,23,24). The molecular formula is C15H15N7O2S2. The molecule has 3 heterocycles. The van der Waals surface area contributed by atoms with E-state index in [0.29, 0.717) is 16.8 Å². The third kappa shape index (κ3) is 3.24. The molecule has 0 radical (unpaired) electrons. The Balaban J connectivity index is 1.86. The molecule has 0 atom stereocenters. The van der Waals surface area contributed by atoms with Crippen LogP contribution in [0, 0.1) is 0 Å². The largest absolute Gasteiger partial charge is 0.265 e. The SMILES string of the molecule is NS(=O)(=O)c1cccc(-c2csc(-c3ccncc3)n2)c1C1NNNN1. The van der Waals surface area contributed by atoms with Gasteiger partial charge in [0.2, 0.25) is 10.0 Å². The molecule has 0 amide bonds. The van der Waals surface area contributed by atoms with Crippen LogP contribution in [0.4, 0.5) is 0 Å². The highest BCUT2D eigenvalue weighted by atomic mass is 32.2. The molecule has 0 saturated carbocycles. The summed E-state index contributed by atoms with van der Waals surface area (Å²) in [7, 11) is -3.91. The molecule has 9 nitrogen and oxygen atoms in total. The molecule has 1 aliphatic rings. The van der Waals surface area contributed by atoms with Crippen LogP contribution >= 0.6 is 11.3 Å². The molecule has 3 aromatic rings. The Hall–Kier alpha value is -2.25. The van der Waals surface area contributed by atoms with Gasteiger partial charge in [0.15, 0.2) is 0 Å². The van der Waals surface area contributed by atoms with Crippen molar-refractivity contribution in [2.45, 2.75) is 11.1 Å². The molecule has 0 aliphatic carbocycles. The fourth-order valence-electron chi connectivity index (χ4n) is 2.73. The number of nitrogens with one attached hydrogen (secondary N) is 4. The number of thiazole rings is 1. The lowest BCUT2D eigenvalue weighted by atomic mass is 10.0. The van der Waals surface area contributed by atoms with Gasteiger partial charge in [-0.05, 0) is 18.2 Å². The predicted octanol–water partition coefficient (Wildman–Crippen LogP) is 0.635. The van der Waals surface area contributed by atoms with Gasteiger partial charge in [-0.3, -0.25) is 4.98 Å². The van der Waals surface area contributed by atoms with E-state index in [2.05, 4.69) is 31.9 Å². The van der Waals surface area contributed by atoms with E-state index >= 15 is 0 Å². The van der Waals surface area contributed by atoms with E-state index in [9.17, 15) is 8.42 Å². The first kappa shape index (κ1) is 17.2. The molecular weight excluding hydrogens is 374 g/mol. The monoisotopic (exact) mass is 389 g/mol. The number of aromatic nitrogens is 2. The molecule has 4 rings (SSSR count). The number of primary sulfonamides is 1. The highest BCUT2D eigenvalue weighted by Crippen LogP contribution is 2.35. The van der Waals surface area contributed by atoms with E-state index < -0.39 is 16.2 Å². The van der Waals surface area contributed by atoms with Crippen LogP contribution < -0.4 is 27.1 Å². The molecule has 0 unspecified atom stereocenters. The average Bonchev–Trinajstić information content (AvgIpc) is 3.33. The highest BCUT2D eigenvalue weighted by Gasteiger charge is 2.27. The van der Waals surface area contributed by atoms with Crippen molar-refractivity contribution in [2.24, 2.45) is 5.14 Å². The first-order valence-corrected chi connectivity index (χ1v) is 10.00. The molecule has 1 fully saturated rings. The van der Waals surface area contributed by atoms with Crippen molar-refractivity contribution in [3.05, 3.63) is 53.7 Å². The number of pyridine rings is 1. The topological polar surface area (TPSA) is 134 Å². The second kappa shape index (κ2) is 6.81. The maximum absolute atomic E-state index is 12.1. The second-order valence-electron chi connectivity index (χ2n) is 5.51. The summed E-state index contributed by atoms with van der Waals surface area (Å²) in [5, 5.41) is 8.12. The Kier molecular flexibility index (Phi) is 4.50. The summed E-state index contributed by atoms with van der Waals surface area (Å²) in [5.74, 6) is 0. The van der Waals surface area contributed by atoms with E-state index in [4.69, 9.17) is 5.14 Å². The number of hydrazine groups is 3. The fraction of sp³-hybridized carbons (Fsp3) is 0.0667. The Morgan fingerprint density at radius 1 is 1.08 bits per heavy atom. The van der Waals surface area contributed by atoms with E-state index in [1.807, 2.05) is 23.6 Å². The number of sulfonamides is 1. The number of hydrogen-bond donors (Lipinski definition) is 5. The van der Waals surface area contributed by atoms with Crippen LogP contribution in [0.3, 0.4) is 0 Å². The molecule has 2 aromatic heterocycles. The lowest BCUT2D eigenvalue weighted by Crippen LogP contribution is -2.33. The van der Waals surface area contributed by atoms with Gasteiger partial charge in [0.1, 0.15) is 11.2 Å². The zero-order valence-corrected chi connectivity index (χ0v) is 14.9. The summed E-state index contributed by atoms with van der Waals surface area (Å²) < 4.78 is 24.2. The molecule has 26 heavy (non-hydrogen) atoms. The summed E-state index contributed by atoms with van der Waals surface area (Å²) in [6, 6.07) is 8.69. The van der Waals surface area contributed by atoms with Crippen molar-refractivity contribution < 1.29 is 8.42 Å². The molecule has 134 valence electrons. The van der Waals surface area contributed by atoms with Crippen LogP contribution in [0.2, 0.25) is 0 Å². The summed E-state index contributed by atoms with van der Waals surface area (Å²) >= 11 is 1.47. The molecule has 11 heteroatoms. The van der Waals surface area contributed by atoms with Crippen molar-refractivity contribution in [3.63, 3.8) is 0 Å². The van der Waals surface area contributed by atoms with Crippen LogP contribution in [0.25, 0.3) is 21.8 Å². The van der Waals surface area contributed by atoms with Crippen LogP contribution in [-0.2, 0) is 10.0 Å². The summed E-state index contributed by atoms with van der Waals surface area (Å²) in [5.41, 5.74) is 14.0. The van der Waals surface area contributed by atoms with Crippen molar-refractivity contribution in [2.75, 3.05) is 0 Å². The van der Waals surface area contributed by atoms with E-state index in [1.165, 1.54) is 17.4 Å². The van der Waals surface area contributed by atoms with E-state index in [0.717, 1.165) is 10.6 Å². The van der Waals surface area contributed by atoms with Gasteiger partial charge in [-0.1, -0.05) is 12.1 Å². The van der Waals surface area contributed by atoms with Crippen LogP contribution in [0.5, 0.6) is 0 Å². The maximum Gasteiger partial charge on any atom is 0.238 e. The lowest BCUT2D eigenvalue weighted by Gasteiger charge is -2.17. The van der Waals surface area contributed by atoms with Gasteiger partial charge in [-0.2, -0.15) is 11.1 Å². The maximum atomic E-state index is 12.1. The average molecular weight is 389 g/mol. The third-order valence-electron chi connectivity index (χ3n) is 3.86. The Morgan fingerprint density at radius 3 is 2.50 bits per heavy atom. The van der Waals surface area contributed by atoms with E-state index in [-0.39, 0.29) is 4.90 Å². The number of nitrogens with zero attached hydrogens (tertiary/aromatic N) is 2. The van der Waals surface area contributed by atoms with Gasteiger partial charge < -0.3 is 0 Å². The minimum atomic E-state index is -3.91. The minimum Gasteiger partial charge on any atom is -0.265 e. The second-order valence-corrected chi connectivity index (χ2v) is 7.90. The van der Waals surface area contributed by atoms with Crippen LogP contribution in [0.1, 0.15) is 11.7 Å². The lowest BCUT2D eigenvalue weighted by molar-refractivity contribution is 0.540. The first-order valence-electron chi connectivity index (χ1n) is 7.57. The smallest absolute Gasteiger partial charge is 0.238 e. The number of hydrogen-bond acceptors (Lipinski definition) is 9. The highest BCUT2D eigenvalue weighted by molar-refractivity contribution is 7.89. The Morgan fingerprint density at radius 2 is 1.81 bits per heavy atom. The Bertz CT molecular complexity index is 1030. The summed E-state index contributed by atoms with van der Waals surface area (Å²) in [4.78, 5) is 8.70. The molecule has 1 saturated heterocycles. The van der Waals surface area contributed by atoms with Crippen LogP contribution in [0.15, 0.2) is 53.0 Å². The van der Waals surface area contributed by atoms with Gasteiger partial charge in [-0.25, -0.2) is 29.4 Å². The minimum absolute atomic E-state index is 0.0314. The van der Waals surface area contributed by atoms with E-state index in [1.54, 1.807) is 18.5 Å². The summed E-state index contributed by atoms with van der Waals surface area (Å²) in [6.45, 7) is 0. The molecule has 1 aromatic carbocycles. The first-order chi connectivity index (χ1) is 12.5. The van der Waals surface area contributed by atoms with Crippen molar-refractivity contribution >= 4 is 21.4 Å². The van der Waals surface area contributed by atoms with Crippen LogP contribution in [-0.4, -0.2) is 18.4 Å². The molecule has 1 aliphatic heterocycles. The van der Waals surface area contributed by atoms with Crippen molar-refractivity contribution in [1.82, 2.24) is 31.9 Å². The van der Waals surface area contributed by atoms with Crippen molar-refractivity contribution in [3.8, 4) is 21.8 Å². The van der Waals surface area contributed by atoms with Gasteiger partial charge >= 0.3 is 0 Å². The fourth-order valence-corrected chi connectivity index (χ4v) is 4.36. The normalized spacial score (nSPS) is 15.4. The number of rotatable bonds is 4. The van der Waals surface area contributed by atoms with Crippen molar-refractivity contribution in [1.29, 1.82) is 0 Å².